The Labute approximate surface area is 221 Å². The molecule has 184 valence electrons. The molecule has 0 heterocycles. The van der Waals surface area contributed by atoms with Gasteiger partial charge in [0.1, 0.15) is 0 Å². The third kappa shape index (κ3) is 3.26. The minimum absolute atomic E-state index is 0.307. The van der Waals surface area contributed by atoms with Crippen LogP contribution >= 0.6 is 0 Å². The van der Waals surface area contributed by atoms with Crippen LogP contribution in [0.5, 0.6) is 0 Å². The smallest absolute Gasteiger partial charge is 0.194 e. The van der Waals surface area contributed by atoms with Crippen molar-refractivity contribution in [3.05, 3.63) is 133 Å². The molecule has 39 heavy (non-hydrogen) atoms. The van der Waals surface area contributed by atoms with Gasteiger partial charge in [0.2, 0.25) is 0 Å². The molecule has 0 atom stereocenters. The number of fused-ring (bicyclic) bond motifs is 2. The lowest BCUT2D eigenvalue weighted by atomic mass is 9.87. The molecular weight excluding hydrogens is 489 g/mol. The molecule has 0 radical (unpaired) electrons. The van der Waals surface area contributed by atoms with E-state index in [0.717, 1.165) is 50.0 Å². The van der Waals surface area contributed by atoms with E-state index in [2.05, 4.69) is 91.0 Å². The van der Waals surface area contributed by atoms with Crippen molar-refractivity contribution in [2.24, 2.45) is 0 Å². The van der Waals surface area contributed by atoms with E-state index in [4.69, 9.17) is 0 Å². The van der Waals surface area contributed by atoms with Gasteiger partial charge in [0.15, 0.2) is 17.5 Å². The molecule has 0 amide bonds. The zero-order valence-corrected chi connectivity index (χ0v) is 20.6. The van der Waals surface area contributed by atoms with Crippen molar-refractivity contribution in [1.82, 2.24) is 0 Å². The van der Waals surface area contributed by atoms with Gasteiger partial charge in [-0.05, 0) is 119 Å². The average molecular weight is 509 g/mol. The van der Waals surface area contributed by atoms with E-state index in [0.29, 0.717) is 11.1 Å². The van der Waals surface area contributed by atoms with Gasteiger partial charge in [0, 0.05) is 0 Å². The molecule has 8 rings (SSSR count). The molecule has 0 aromatic heterocycles. The van der Waals surface area contributed by atoms with Gasteiger partial charge in [-0.3, -0.25) is 0 Å². The fourth-order valence-electron chi connectivity index (χ4n) is 6.20. The maximum absolute atomic E-state index is 14.0. The topological polar surface area (TPSA) is 0 Å². The van der Waals surface area contributed by atoms with Gasteiger partial charge in [-0.2, -0.15) is 0 Å². The molecule has 0 saturated carbocycles. The summed E-state index contributed by atoms with van der Waals surface area (Å²) in [5.41, 5.74) is 3.33. The van der Waals surface area contributed by atoms with Crippen molar-refractivity contribution in [2.45, 2.75) is 0 Å². The largest absolute Gasteiger partial charge is 0.204 e. The van der Waals surface area contributed by atoms with Gasteiger partial charge >= 0.3 is 0 Å². The van der Waals surface area contributed by atoms with Crippen molar-refractivity contribution in [2.75, 3.05) is 0 Å². The van der Waals surface area contributed by atoms with Crippen molar-refractivity contribution in [3.63, 3.8) is 0 Å². The summed E-state index contributed by atoms with van der Waals surface area (Å²) in [4.78, 5) is 0. The second kappa shape index (κ2) is 8.05. The second-order valence-corrected chi connectivity index (χ2v) is 10.2. The van der Waals surface area contributed by atoms with Crippen LogP contribution in [-0.4, -0.2) is 0 Å². The molecule has 0 aliphatic carbocycles. The van der Waals surface area contributed by atoms with Gasteiger partial charge in [-0.25, -0.2) is 13.2 Å². The van der Waals surface area contributed by atoms with Crippen LogP contribution in [-0.2, 0) is 0 Å². The Bertz CT molecular complexity index is 2120. The second-order valence-electron chi connectivity index (χ2n) is 10.2. The van der Waals surface area contributed by atoms with Crippen LogP contribution in [0.1, 0.15) is 0 Å². The summed E-state index contributed by atoms with van der Waals surface area (Å²) in [5.74, 6) is -3.83. The van der Waals surface area contributed by atoms with E-state index in [1.165, 1.54) is 27.1 Å². The predicted octanol–water partition coefficient (Wildman–Crippen LogP) is 10.6. The molecule has 0 saturated heterocycles. The summed E-state index contributed by atoms with van der Waals surface area (Å²) in [6.07, 6.45) is 0. The van der Waals surface area contributed by atoms with Crippen LogP contribution in [0.3, 0.4) is 0 Å². The van der Waals surface area contributed by atoms with Crippen LogP contribution in [0, 0.1) is 17.5 Å². The molecule has 0 aliphatic heterocycles. The fraction of sp³-hybridized carbons (Fsp3) is 0. The van der Waals surface area contributed by atoms with Crippen molar-refractivity contribution in [3.8, 4) is 22.3 Å². The standard InChI is InChI=1S/C36H19F3/c37-31-18-27(19-32(38)36(31)39)26-14-22-9-11-24-16-28(17-25-12-10-23(15-26)33(22)34(24)25)35-29-7-3-1-5-20(29)13-21-6-2-4-8-30(21)35/h1-19H. The lowest BCUT2D eigenvalue weighted by molar-refractivity contribution is 0.448. The van der Waals surface area contributed by atoms with Crippen molar-refractivity contribution in [1.29, 1.82) is 0 Å². The molecule has 0 bridgehead atoms. The summed E-state index contributed by atoms with van der Waals surface area (Å²) >= 11 is 0. The van der Waals surface area contributed by atoms with Crippen LogP contribution in [0.25, 0.3) is 76.1 Å². The third-order valence-electron chi connectivity index (χ3n) is 7.91. The Kier molecular flexibility index (Phi) is 4.57. The van der Waals surface area contributed by atoms with E-state index in [1.54, 1.807) is 0 Å². The van der Waals surface area contributed by atoms with E-state index in [-0.39, 0.29) is 0 Å². The highest BCUT2D eigenvalue weighted by Gasteiger charge is 2.16. The molecule has 0 fully saturated rings. The van der Waals surface area contributed by atoms with Crippen LogP contribution in [0.4, 0.5) is 13.2 Å². The number of halogens is 3. The first-order valence-corrected chi connectivity index (χ1v) is 12.8. The van der Waals surface area contributed by atoms with E-state index < -0.39 is 17.5 Å². The normalized spacial score (nSPS) is 12.0. The van der Waals surface area contributed by atoms with Gasteiger partial charge in [-0.15, -0.1) is 0 Å². The maximum Gasteiger partial charge on any atom is 0.194 e. The molecule has 8 aromatic carbocycles. The van der Waals surface area contributed by atoms with Crippen LogP contribution < -0.4 is 0 Å². The third-order valence-corrected chi connectivity index (χ3v) is 7.91. The first-order valence-electron chi connectivity index (χ1n) is 12.8. The van der Waals surface area contributed by atoms with Crippen molar-refractivity contribution < 1.29 is 13.2 Å². The maximum atomic E-state index is 14.0. The zero-order chi connectivity index (χ0) is 26.2. The summed E-state index contributed by atoms with van der Waals surface area (Å²) in [6, 6.07) is 38.0. The minimum Gasteiger partial charge on any atom is -0.204 e. The summed E-state index contributed by atoms with van der Waals surface area (Å²) in [7, 11) is 0. The van der Waals surface area contributed by atoms with Crippen molar-refractivity contribution >= 4 is 53.9 Å². The molecule has 0 N–H and O–H groups in total. The van der Waals surface area contributed by atoms with E-state index in [9.17, 15) is 13.2 Å². The average Bonchev–Trinajstić information content (AvgIpc) is 2.96. The first kappa shape index (κ1) is 22.1. The summed E-state index contributed by atoms with van der Waals surface area (Å²) < 4.78 is 41.5. The highest BCUT2D eigenvalue weighted by atomic mass is 19.2. The molecule has 0 unspecified atom stereocenters. The van der Waals surface area contributed by atoms with Gasteiger partial charge in [0.25, 0.3) is 0 Å². The number of hydrogen-bond donors (Lipinski definition) is 0. The highest BCUT2D eigenvalue weighted by Crippen LogP contribution is 2.42. The van der Waals surface area contributed by atoms with E-state index in [1.807, 2.05) is 12.1 Å². The molecule has 3 heteroatoms. The summed E-state index contributed by atoms with van der Waals surface area (Å²) in [6.45, 7) is 0. The van der Waals surface area contributed by atoms with Crippen LogP contribution in [0.2, 0.25) is 0 Å². The Balaban J connectivity index is 1.40. The first-order chi connectivity index (χ1) is 19.0. The summed E-state index contributed by atoms with van der Waals surface area (Å²) in [5, 5.41) is 11.3. The lowest BCUT2D eigenvalue weighted by Crippen LogP contribution is -1.93. The number of benzene rings is 8. The minimum atomic E-state index is -1.45. The Morgan fingerprint density at radius 1 is 0.359 bits per heavy atom. The quantitative estimate of drug-likeness (QED) is 0.124. The highest BCUT2D eigenvalue weighted by molar-refractivity contribution is 6.25. The Hall–Kier alpha value is -4.89. The predicted molar refractivity (Wildman–Crippen MR) is 156 cm³/mol. The molecule has 0 aliphatic rings. The molecule has 0 nitrogen and oxygen atoms in total. The molecular formula is C36H19F3. The van der Waals surface area contributed by atoms with E-state index >= 15 is 0 Å². The Morgan fingerprint density at radius 2 is 0.769 bits per heavy atom. The zero-order valence-electron chi connectivity index (χ0n) is 20.6. The van der Waals surface area contributed by atoms with Gasteiger partial charge in [0.05, 0.1) is 0 Å². The fourth-order valence-corrected chi connectivity index (χ4v) is 6.20. The number of rotatable bonds is 2. The number of hydrogen-bond acceptors (Lipinski definition) is 0. The van der Waals surface area contributed by atoms with Gasteiger partial charge in [-0.1, -0.05) is 72.8 Å². The van der Waals surface area contributed by atoms with Gasteiger partial charge < -0.3 is 0 Å². The SMILES string of the molecule is Fc1cc(-c2cc3ccc4cc(-c5c6ccccc6cc6ccccc56)cc5ccc(c2)c3c45)cc(F)c1F. The lowest BCUT2D eigenvalue weighted by Gasteiger charge is -2.16. The Morgan fingerprint density at radius 3 is 1.26 bits per heavy atom. The monoisotopic (exact) mass is 508 g/mol. The molecule has 0 spiro atoms. The van der Waals surface area contributed by atoms with Crippen LogP contribution in [0.15, 0.2) is 115 Å². The molecule has 8 aromatic rings.